The summed E-state index contributed by atoms with van der Waals surface area (Å²) in [5, 5.41) is 13.1. The van der Waals surface area contributed by atoms with Crippen LogP contribution in [-0.4, -0.2) is 31.1 Å². The minimum absolute atomic E-state index is 0.0681. The van der Waals surface area contributed by atoms with Crippen molar-refractivity contribution in [2.75, 3.05) is 23.0 Å². The number of hydrogen-bond acceptors (Lipinski definition) is 6. The average Bonchev–Trinajstić information content (AvgIpc) is 1.71. The largest absolute Gasteiger partial charge is 0.345 e. The van der Waals surface area contributed by atoms with Gasteiger partial charge in [0, 0.05) is 58.8 Å². The van der Waals surface area contributed by atoms with E-state index in [1.807, 2.05) is 88.5 Å². The summed E-state index contributed by atoms with van der Waals surface area (Å²) in [7, 11) is 0. The number of hydrogen-bond donors (Lipinski definition) is 2. The average molecular weight is 1150 g/mol. The summed E-state index contributed by atoms with van der Waals surface area (Å²) in [6.07, 6.45) is 24.9. The summed E-state index contributed by atoms with van der Waals surface area (Å²) in [5.74, 6) is 0.959. The second-order valence-electron chi connectivity index (χ2n) is 23.1. The summed E-state index contributed by atoms with van der Waals surface area (Å²) in [4.78, 5) is 28.1. The van der Waals surface area contributed by atoms with Gasteiger partial charge in [-0.15, -0.1) is 5.48 Å². The van der Waals surface area contributed by atoms with E-state index in [-0.39, 0.29) is 12.2 Å². The molecule has 430 valence electrons. The van der Waals surface area contributed by atoms with Crippen LogP contribution in [0.25, 0.3) is 57.7 Å². The van der Waals surface area contributed by atoms with Crippen LogP contribution in [0.2, 0.25) is 0 Å². The van der Waals surface area contributed by atoms with Crippen LogP contribution in [0.1, 0.15) is 100 Å². The Morgan fingerprint density at radius 2 is 1.10 bits per heavy atom. The van der Waals surface area contributed by atoms with Gasteiger partial charge in [-0.25, -0.2) is 18.8 Å². The molecule has 2 aliphatic heterocycles. The van der Waals surface area contributed by atoms with E-state index in [0.29, 0.717) is 48.5 Å². The van der Waals surface area contributed by atoms with Crippen molar-refractivity contribution in [3.63, 3.8) is 0 Å². The van der Waals surface area contributed by atoms with Crippen LogP contribution in [0.15, 0.2) is 243 Å². The van der Waals surface area contributed by atoms with E-state index < -0.39 is 5.91 Å². The lowest BCUT2D eigenvalue weighted by molar-refractivity contribution is -0.694. The normalized spacial score (nSPS) is 17.3. The van der Waals surface area contributed by atoms with Crippen molar-refractivity contribution < 1.29 is 18.8 Å². The van der Waals surface area contributed by atoms with Crippen molar-refractivity contribution in [2.24, 2.45) is 0 Å². The molecule has 10 nitrogen and oxygen atoms in total. The van der Waals surface area contributed by atoms with Crippen molar-refractivity contribution in [3.8, 4) is 17.2 Å². The highest BCUT2D eigenvalue weighted by atomic mass is 16.6. The molecule has 4 unspecified atom stereocenters. The third-order valence-corrected chi connectivity index (χ3v) is 17.7. The minimum Gasteiger partial charge on any atom is -0.345 e. The van der Waals surface area contributed by atoms with Gasteiger partial charge in [0.15, 0.2) is 24.6 Å². The van der Waals surface area contributed by atoms with E-state index in [4.69, 9.17) is 11.4 Å². The molecule has 0 saturated heterocycles. The van der Waals surface area contributed by atoms with Gasteiger partial charge >= 0.3 is 5.82 Å². The molecule has 9 aromatic rings. The molecule has 4 heterocycles. The van der Waals surface area contributed by atoms with E-state index in [1.54, 1.807) is 6.08 Å². The molecule has 7 aromatic carbocycles. The number of rotatable bonds is 19. The predicted molar refractivity (Wildman–Crippen MR) is 354 cm³/mol. The summed E-state index contributed by atoms with van der Waals surface area (Å²) >= 11 is 0. The molecule has 10 heteroatoms. The third-order valence-electron chi connectivity index (χ3n) is 17.7. The maximum absolute atomic E-state index is 13.4. The third kappa shape index (κ3) is 12.3. The van der Waals surface area contributed by atoms with Gasteiger partial charge in [-0.3, -0.25) is 4.79 Å². The number of aromatic nitrogens is 2. The standard InChI is InChI=1S/C78H67N8O2/c1-55(82-88-54-66(80-2)49-60-31-37-77-73(52-60)70-21-13-23-75(70)86(77)68-34-28-58(29-35-68)50-71(63-16-8-4-9-17-63)64-18-10-5-11-19-64)84-45-40-62(41-46-84)61-38-43-83(44-39-61)47-42-81-78(87)65(53-79)48-59-30-36-76-72(51-59)69-20-12-22-74(69)85(76)67-32-26-57(27-33-67)25-24-56-14-6-3-7-15-56/h3-11,14-19,24-41,43-46,48-52,69-70,74-75,82H,1,12-13,20-23,42,47,54H2/q+1/p+1/b25-24+,65-48?,66-49?. The Bertz CT molecular complexity index is 4180. The first-order valence-electron chi connectivity index (χ1n) is 30.5. The molecule has 4 atom stereocenters. The second kappa shape index (κ2) is 25.9. The number of nitriles is 1. The lowest BCUT2D eigenvalue weighted by Crippen LogP contribution is -2.40. The highest BCUT2D eigenvalue weighted by Gasteiger charge is 2.43. The van der Waals surface area contributed by atoms with E-state index in [0.717, 1.165) is 59.1 Å². The highest BCUT2D eigenvalue weighted by Crippen LogP contribution is 2.54. The summed E-state index contributed by atoms with van der Waals surface area (Å²) in [6.45, 7) is 13.2. The van der Waals surface area contributed by atoms with Crippen LogP contribution < -0.4 is 29.7 Å². The minimum atomic E-state index is -0.390. The van der Waals surface area contributed by atoms with Crippen molar-refractivity contribution >= 4 is 70.4 Å². The Labute approximate surface area is 516 Å². The Kier molecular flexibility index (Phi) is 16.6. The fourth-order valence-electron chi connectivity index (χ4n) is 13.4. The zero-order chi connectivity index (χ0) is 59.8. The Hall–Kier alpha value is -10.7. The van der Waals surface area contributed by atoms with Gasteiger partial charge in [0.05, 0.1) is 25.5 Å². The molecule has 0 radical (unpaired) electrons. The van der Waals surface area contributed by atoms with Gasteiger partial charge in [-0.1, -0.05) is 165 Å². The molecular formula is C78H68N8O2+2. The first-order chi connectivity index (χ1) is 43.3. The van der Waals surface area contributed by atoms with Gasteiger partial charge in [-0.05, 0) is 166 Å². The molecule has 13 rings (SSSR count). The van der Waals surface area contributed by atoms with Crippen LogP contribution in [0.3, 0.4) is 0 Å². The van der Waals surface area contributed by atoms with Gasteiger partial charge < -0.3 is 15.1 Å². The lowest BCUT2D eigenvalue weighted by atomic mass is 9.95. The Balaban J connectivity index is 0.584. The topological polar surface area (TPSA) is 92.7 Å². The van der Waals surface area contributed by atoms with Crippen LogP contribution in [0.5, 0.6) is 0 Å². The van der Waals surface area contributed by atoms with Gasteiger partial charge in [0.1, 0.15) is 18.2 Å². The molecule has 88 heavy (non-hydrogen) atoms. The van der Waals surface area contributed by atoms with Gasteiger partial charge in [0.2, 0.25) is 0 Å². The lowest BCUT2D eigenvalue weighted by Gasteiger charge is -2.27. The van der Waals surface area contributed by atoms with Crippen molar-refractivity contribution in [3.05, 3.63) is 304 Å². The smallest absolute Gasteiger partial charge is 0.301 e. The number of carbonyl (C=O) groups is 1. The van der Waals surface area contributed by atoms with Crippen molar-refractivity contribution in [1.29, 1.82) is 5.26 Å². The second-order valence-corrected chi connectivity index (χ2v) is 23.1. The Morgan fingerprint density at radius 1 is 0.602 bits per heavy atom. The quantitative estimate of drug-likeness (QED) is 0.0209. The maximum Gasteiger partial charge on any atom is 0.301 e. The number of anilines is 4. The molecule has 2 aromatic heterocycles. The summed E-state index contributed by atoms with van der Waals surface area (Å²) in [6, 6.07) is 73.3. The summed E-state index contributed by atoms with van der Waals surface area (Å²) in [5.41, 5.74) is 21.9. The van der Waals surface area contributed by atoms with E-state index in [1.165, 1.54) is 69.0 Å². The molecule has 4 aliphatic rings. The van der Waals surface area contributed by atoms with Crippen LogP contribution in [0.4, 0.5) is 22.7 Å². The fraction of sp³-hybridized carbons (Fsp3) is 0.167. The van der Waals surface area contributed by atoms with E-state index in [9.17, 15) is 10.1 Å². The molecular weight excluding hydrogens is 1080 g/mol. The van der Waals surface area contributed by atoms with E-state index in [2.05, 4.69) is 208 Å². The predicted octanol–water partition coefficient (Wildman–Crippen LogP) is 15.9. The molecule has 1 amide bonds. The maximum atomic E-state index is 13.4. The molecule has 0 spiro atoms. The first kappa shape index (κ1) is 56.5. The monoisotopic (exact) mass is 1150 g/mol. The summed E-state index contributed by atoms with van der Waals surface area (Å²) < 4.78 is 3.84. The number of fused-ring (bicyclic) bond motifs is 6. The zero-order valence-electron chi connectivity index (χ0n) is 49.1. The van der Waals surface area contributed by atoms with Crippen molar-refractivity contribution in [2.45, 2.75) is 69.0 Å². The molecule has 2 saturated carbocycles. The van der Waals surface area contributed by atoms with Crippen LogP contribution in [0, 0.1) is 17.9 Å². The molecule has 2 N–H and O–H groups in total. The number of carbonyl (C=O) groups excluding carboxylic acids is 1. The van der Waals surface area contributed by atoms with Crippen LogP contribution in [-0.2, 0) is 16.2 Å². The molecule has 2 aliphatic carbocycles. The highest BCUT2D eigenvalue weighted by molar-refractivity contribution is 6.02. The first-order valence-corrected chi connectivity index (χ1v) is 30.5. The van der Waals surface area contributed by atoms with E-state index >= 15 is 0 Å². The number of nitrogens with zero attached hydrogens (tertiary/aromatic N) is 6. The van der Waals surface area contributed by atoms with Crippen molar-refractivity contribution in [1.82, 2.24) is 10.8 Å². The van der Waals surface area contributed by atoms with Gasteiger partial charge in [0.25, 0.3) is 5.91 Å². The molecule has 0 bridgehead atoms. The number of nitrogens with one attached hydrogen (secondary N) is 2. The van der Waals surface area contributed by atoms with Crippen LogP contribution >= 0.6 is 0 Å². The number of amides is 1. The Morgan fingerprint density at radius 3 is 1.65 bits per heavy atom. The fourth-order valence-corrected chi connectivity index (χ4v) is 13.4. The number of pyridine rings is 2. The SMILES string of the molecule is [C-]#[N+]C(=Cc1ccc2c(c1)C1CCCC1N2c1ccc(C=C(c2ccccc2)c2ccccc2)cc1)CONC(=C)[n+]1ccc(-c2cc[n+](CCNC(=O)C(C#N)=Cc3ccc4c(c3)C3CCCC3N4c3ccc(/C=C/c4ccccc4)cc3)cc2)cc1. The van der Waals surface area contributed by atoms with Gasteiger partial charge in [-0.2, -0.15) is 5.26 Å². The number of hydroxylamine groups is 1. The zero-order valence-corrected chi connectivity index (χ0v) is 49.1. The molecule has 2 fully saturated rings. The number of benzene rings is 7.